The summed E-state index contributed by atoms with van der Waals surface area (Å²) in [4.78, 5) is 0. The highest BCUT2D eigenvalue weighted by Crippen LogP contribution is 2.27. The number of rotatable bonds is 2. The van der Waals surface area contributed by atoms with Gasteiger partial charge in [-0.25, -0.2) is 8.78 Å². The highest BCUT2D eigenvalue weighted by Gasteiger charge is 2.37. The van der Waals surface area contributed by atoms with Gasteiger partial charge >= 0.3 is 0 Å². The lowest BCUT2D eigenvalue weighted by Gasteiger charge is -2.25. The van der Waals surface area contributed by atoms with E-state index in [1.54, 1.807) is 6.92 Å². The van der Waals surface area contributed by atoms with Crippen LogP contribution in [0.5, 0.6) is 0 Å². The summed E-state index contributed by atoms with van der Waals surface area (Å²) >= 11 is 0. The van der Waals surface area contributed by atoms with Gasteiger partial charge in [0, 0.05) is 6.42 Å². The molecule has 1 rings (SSSR count). The quantitative estimate of drug-likeness (QED) is 0.683. The summed E-state index contributed by atoms with van der Waals surface area (Å²) in [7, 11) is 0. The van der Waals surface area contributed by atoms with Crippen LogP contribution in [0.2, 0.25) is 0 Å². The Bertz CT molecular complexity index is 128. The molecule has 1 aliphatic rings. The van der Waals surface area contributed by atoms with Crippen molar-refractivity contribution in [2.45, 2.75) is 51.0 Å². The standard InChI is InChI=1S/C9H17F2N/c1-2-9(10,11)8-6-4-3-5-7-12-8/h8,12H,2-7H2,1H3. The second-order valence-corrected chi connectivity index (χ2v) is 3.47. The maximum Gasteiger partial charge on any atom is 0.262 e. The van der Waals surface area contributed by atoms with Crippen molar-refractivity contribution in [2.75, 3.05) is 6.54 Å². The fourth-order valence-electron chi connectivity index (χ4n) is 1.64. The van der Waals surface area contributed by atoms with Crippen molar-refractivity contribution in [1.82, 2.24) is 5.32 Å². The van der Waals surface area contributed by atoms with Crippen molar-refractivity contribution >= 4 is 0 Å². The second-order valence-electron chi connectivity index (χ2n) is 3.47. The van der Waals surface area contributed by atoms with Crippen molar-refractivity contribution in [3.8, 4) is 0 Å². The second kappa shape index (κ2) is 4.17. The van der Waals surface area contributed by atoms with E-state index >= 15 is 0 Å². The van der Waals surface area contributed by atoms with Gasteiger partial charge in [-0.1, -0.05) is 19.8 Å². The molecule has 1 unspecified atom stereocenters. The first kappa shape index (κ1) is 9.90. The van der Waals surface area contributed by atoms with Crippen LogP contribution in [-0.2, 0) is 0 Å². The van der Waals surface area contributed by atoms with E-state index in [1.807, 2.05) is 0 Å². The third-order valence-electron chi connectivity index (χ3n) is 2.54. The molecule has 1 aliphatic heterocycles. The maximum absolute atomic E-state index is 13.2. The minimum absolute atomic E-state index is 0.0509. The van der Waals surface area contributed by atoms with Gasteiger partial charge in [-0.3, -0.25) is 0 Å². The summed E-state index contributed by atoms with van der Waals surface area (Å²) in [5.74, 6) is -2.51. The SMILES string of the molecule is CCC(F)(F)C1CCCCCN1. The van der Waals surface area contributed by atoms with E-state index in [2.05, 4.69) is 5.32 Å². The van der Waals surface area contributed by atoms with E-state index in [-0.39, 0.29) is 6.42 Å². The van der Waals surface area contributed by atoms with E-state index in [0.717, 1.165) is 25.8 Å². The molecular weight excluding hydrogens is 160 g/mol. The third kappa shape index (κ3) is 2.41. The van der Waals surface area contributed by atoms with Crippen LogP contribution >= 0.6 is 0 Å². The lowest BCUT2D eigenvalue weighted by atomic mass is 10.0. The summed E-state index contributed by atoms with van der Waals surface area (Å²) in [6.45, 7) is 2.30. The van der Waals surface area contributed by atoms with Crippen LogP contribution in [0.1, 0.15) is 39.0 Å². The molecule has 72 valence electrons. The average Bonchev–Trinajstić information content (AvgIpc) is 2.32. The van der Waals surface area contributed by atoms with Gasteiger partial charge in [-0.15, -0.1) is 0 Å². The molecule has 1 N–H and O–H groups in total. The van der Waals surface area contributed by atoms with Gasteiger partial charge < -0.3 is 5.32 Å². The van der Waals surface area contributed by atoms with E-state index in [9.17, 15) is 8.78 Å². The molecule has 0 aromatic heterocycles. The van der Waals surface area contributed by atoms with Gasteiger partial charge in [0.05, 0.1) is 6.04 Å². The van der Waals surface area contributed by atoms with Gasteiger partial charge in [-0.05, 0) is 19.4 Å². The largest absolute Gasteiger partial charge is 0.309 e. The average molecular weight is 177 g/mol. The molecule has 0 aliphatic carbocycles. The Kier molecular flexibility index (Phi) is 3.44. The van der Waals surface area contributed by atoms with Crippen molar-refractivity contribution in [2.24, 2.45) is 0 Å². The number of halogens is 2. The summed E-state index contributed by atoms with van der Waals surface area (Å²) in [6.07, 6.45) is 3.64. The van der Waals surface area contributed by atoms with E-state index < -0.39 is 12.0 Å². The van der Waals surface area contributed by atoms with E-state index in [4.69, 9.17) is 0 Å². The Morgan fingerprint density at radius 1 is 1.33 bits per heavy atom. The smallest absolute Gasteiger partial charge is 0.262 e. The molecule has 0 bridgehead atoms. The van der Waals surface area contributed by atoms with Crippen molar-refractivity contribution in [3.63, 3.8) is 0 Å². The van der Waals surface area contributed by atoms with Crippen LogP contribution in [0.25, 0.3) is 0 Å². The van der Waals surface area contributed by atoms with Gasteiger partial charge in [0.2, 0.25) is 0 Å². The first-order chi connectivity index (χ1) is 5.67. The molecule has 1 heterocycles. The molecule has 3 heteroatoms. The van der Waals surface area contributed by atoms with Crippen LogP contribution < -0.4 is 5.32 Å². The fraction of sp³-hybridized carbons (Fsp3) is 1.00. The molecule has 1 fully saturated rings. The summed E-state index contributed by atoms with van der Waals surface area (Å²) in [5, 5.41) is 2.92. The first-order valence-corrected chi connectivity index (χ1v) is 4.78. The summed E-state index contributed by atoms with van der Waals surface area (Å²) in [5.41, 5.74) is 0. The monoisotopic (exact) mass is 177 g/mol. The lowest BCUT2D eigenvalue weighted by Crippen LogP contribution is -2.43. The van der Waals surface area contributed by atoms with Crippen molar-refractivity contribution < 1.29 is 8.78 Å². The fourth-order valence-corrected chi connectivity index (χ4v) is 1.64. The minimum atomic E-state index is -2.51. The number of alkyl halides is 2. The normalized spacial score (nSPS) is 26.8. The zero-order valence-electron chi connectivity index (χ0n) is 7.58. The van der Waals surface area contributed by atoms with Gasteiger partial charge in [0.1, 0.15) is 0 Å². The molecule has 0 saturated carbocycles. The van der Waals surface area contributed by atoms with Crippen LogP contribution in [0.3, 0.4) is 0 Å². The molecule has 0 spiro atoms. The Hall–Kier alpha value is -0.180. The van der Waals surface area contributed by atoms with Crippen LogP contribution in [0.4, 0.5) is 8.78 Å². The number of hydrogen-bond acceptors (Lipinski definition) is 1. The Labute approximate surface area is 72.5 Å². The van der Waals surface area contributed by atoms with Crippen molar-refractivity contribution in [3.05, 3.63) is 0 Å². The van der Waals surface area contributed by atoms with Gasteiger partial charge in [0.15, 0.2) is 0 Å². The van der Waals surface area contributed by atoms with Crippen LogP contribution in [-0.4, -0.2) is 18.5 Å². The molecule has 1 saturated heterocycles. The topological polar surface area (TPSA) is 12.0 Å². The molecular formula is C9H17F2N. The zero-order chi connectivity index (χ0) is 9.03. The summed E-state index contributed by atoms with van der Waals surface area (Å²) in [6, 6.07) is -0.579. The summed E-state index contributed by atoms with van der Waals surface area (Å²) < 4.78 is 26.3. The Balaban J connectivity index is 2.47. The first-order valence-electron chi connectivity index (χ1n) is 4.78. The van der Waals surface area contributed by atoms with E-state index in [0.29, 0.717) is 6.42 Å². The van der Waals surface area contributed by atoms with Gasteiger partial charge in [-0.2, -0.15) is 0 Å². The Morgan fingerprint density at radius 3 is 2.75 bits per heavy atom. The number of hydrogen-bond donors (Lipinski definition) is 1. The predicted molar refractivity (Wildman–Crippen MR) is 45.5 cm³/mol. The van der Waals surface area contributed by atoms with Crippen LogP contribution in [0.15, 0.2) is 0 Å². The highest BCUT2D eigenvalue weighted by atomic mass is 19.3. The third-order valence-corrected chi connectivity index (χ3v) is 2.54. The number of nitrogens with one attached hydrogen (secondary N) is 1. The molecule has 1 nitrogen and oxygen atoms in total. The molecule has 0 aromatic rings. The molecule has 0 radical (unpaired) electrons. The minimum Gasteiger partial charge on any atom is -0.309 e. The zero-order valence-corrected chi connectivity index (χ0v) is 7.58. The predicted octanol–water partition coefficient (Wildman–Crippen LogP) is 2.56. The Morgan fingerprint density at radius 2 is 2.08 bits per heavy atom. The van der Waals surface area contributed by atoms with Gasteiger partial charge in [0.25, 0.3) is 5.92 Å². The van der Waals surface area contributed by atoms with E-state index in [1.165, 1.54) is 0 Å². The molecule has 1 atom stereocenters. The molecule has 12 heavy (non-hydrogen) atoms. The van der Waals surface area contributed by atoms with Crippen LogP contribution in [0, 0.1) is 0 Å². The van der Waals surface area contributed by atoms with Crippen molar-refractivity contribution in [1.29, 1.82) is 0 Å². The lowest BCUT2D eigenvalue weighted by molar-refractivity contribution is -0.0415. The molecule has 0 amide bonds. The molecule has 0 aromatic carbocycles. The highest BCUT2D eigenvalue weighted by molar-refractivity contribution is 4.83. The maximum atomic E-state index is 13.2.